The van der Waals surface area contributed by atoms with Crippen LogP contribution in [0.1, 0.15) is 13.3 Å². The van der Waals surface area contributed by atoms with Gasteiger partial charge in [-0.05, 0) is 18.6 Å². The van der Waals surface area contributed by atoms with Gasteiger partial charge >= 0.3 is 0 Å². The van der Waals surface area contributed by atoms with Crippen molar-refractivity contribution in [3.63, 3.8) is 0 Å². The predicted molar refractivity (Wildman–Crippen MR) is 65.4 cm³/mol. The van der Waals surface area contributed by atoms with Gasteiger partial charge in [0.15, 0.2) is 0 Å². The highest BCUT2D eigenvalue weighted by atomic mass is 35.5. The quantitative estimate of drug-likeness (QED) is 0.770. The largest absolute Gasteiger partial charge is 0.325 e. The lowest BCUT2D eigenvalue weighted by molar-refractivity contribution is -0.115. The van der Waals surface area contributed by atoms with Crippen LogP contribution in [0.4, 0.5) is 5.69 Å². The first-order valence-electron chi connectivity index (χ1n) is 4.28. The summed E-state index contributed by atoms with van der Waals surface area (Å²) >= 11 is 4.14. The summed E-state index contributed by atoms with van der Waals surface area (Å²) < 4.78 is 0. The molecule has 0 heterocycles. The second-order valence-corrected chi connectivity index (χ2v) is 3.40. The molecule has 1 aromatic carbocycles. The average molecular weight is 232 g/mol. The molecular formula is C10H14ClNOS. The Morgan fingerprint density at radius 2 is 2.00 bits per heavy atom. The number of hydrogen-bond donors (Lipinski definition) is 2. The monoisotopic (exact) mass is 231 g/mol. The highest BCUT2D eigenvalue weighted by Gasteiger charge is 2.10. The van der Waals surface area contributed by atoms with Crippen molar-refractivity contribution < 1.29 is 4.79 Å². The maximum absolute atomic E-state index is 11.4. The molecule has 0 spiro atoms. The van der Waals surface area contributed by atoms with E-state index in [1.54, 1.807) is 0 Å². The Morgan fingerprint density at radius 1 is 1.43 bits per heavy atom. The second-order valence-electron chi connectivity index (χ2n) is 2.78. The molecule has 14 heavy (non-hydrogen) atoms. The van der Waals surface area contributed by atoms with Crippen LogP contribution < -0.4 is 5.32 Å². The predicted octanol–water partition coefficient (Wildman–Crippen LogP) is 2.76. The summed E-state index contributed by atoms with van der Waals surface area (Å²) in [5, 5.41) is 2.56. The number of anilines is 1. The van der Waals surface area contributed by atoms with Gasteiger partial charge in [0.2, 0.25) is 5.91 Å². The normalized spacial score (nSPS) is 11.3. The fraction of sp³-hybridized carbons (Fsp3) is 0.300. The van der Waals surface area contributed by atoms with Crippen LogP contribution in [0.25, 0.3) is 0 Å². The Morgan fingerprint density at radius 3 is 2.50 bits per heavy atom. The zero-order chi connectivity index (χ0) is 9.68. The van der Waals surface area contributed by atoms with E-state index in [9.17, 15) is 4.79 Å². The van der Waals surface area contributed by atoms with Gasteiger partial charge in [-0.1, -0.05) is 25.1 Å². The summed E-state index contributed by atoms with van der Waals surface area (Å²) in [5.41, 5.74) is 0.819. The molecule has 0 saturated heterocycles. The number of thiol groups is 1. The van der Waals surface area contributed by atoms with Crippen molar-refractivity contribution in [2.75, 3.05) is 5.32 Å². The number of carbonyl (C=O) groups excluding carboxylic acids is 1. The minimum absolute atomic E-state index is 0. The van der Waals surface area contributed by atoms with E-state index >= 15 is 0 Å². The minimum Gasteiger partial charge on any atom is -0.325 e. The van der Waals surface area contributed by atoms with Crippen LogP contribution in [0.2, 0.25) is 0 Å². The summed E-state index contributed by atoms with van der Waals surface area (Å²) in [4.78, 5) is 11.4. The summed E-state index contributed by atoms with van der Waals surface area (Å²) in [5.74, 6) is -0.0444. The maximum atomic E-state index is 11.4. The smallest absolute Gasteiger partial charge is 0.237 e. The zero-order valence-corrected chi connectivity index (χ0v) is 9.65. The van der Waals surface area contributed by atoms with Gasteiger partial charge in [0.05, 0.1) is 5.25 Å². The fourth-order valence-corrected chi connectivity index (χ4v) is 0.997. The first kappa shape index (κ1) is 13.3. The lowest BCUT2D eigenvalue weighted by Gasteiger charge is -2.08. The third-order valence-corrected chi connectivity index (χ3v) is 2.33. The van der Waals surface area contributed by atoms with E-state index in [0.717, 1.165) is 12.1 Å². The Labute approximate surface area is 95.9 Å². The molecule has 1 aromatic rings. The third-order valence-electron chi connectivity index (χ3n) is 1.73. The first-order valence-corrected chi connectivity index (χ1v) is 4.79. The molecule has 4 heteroatoms. The van der Waals surface area contributed by atoms with Gasteiger partial charge in [0.25, 0.3) is 0 Å². The topological polar surface area (TPSA) is 29.1 Å². The molecule has 0 saturated carbocycles. The summed E-state index contributed by atoms with van der Waals surface area (Å²) in [6.07, 6.45) is 0.738. The van der Waals surface area contributed by atoms with Crippen molar-refractivity contribution in [3.05, 3.63) is 30.3 Å². The van der Waals surface area contributed by atoms with Crippen molar-refractivity contribution in [2.45, 2.75) is 18.6 Å². The van der Waals surface area contributed by atoms with E-state index in [2.05, 4.69) is 17.9 Å². The Kier molecular flexibility index (Phi) is 6.41. The molecule has 0 aliphatic carbocycles. The summed E-state index contributed by atoms with van der Waals surface area (Å²) in [7, 11) is 0. The van der Waals surface area contributed by atoms with Crippen LogP contribution in [0, 0.1) is 0 Å². The molecule has 2 nitrogen and oxygen atoms in total. The van der Waals surface area contributed by atoms with E-state index in [1.807, 2.05) is 37.3 Å². The molecule has 0 aliphatic heterocycles. The molecule has 1 atom stereocenters. The van der Waals surface area contributed by atoms with Crippen molar-refractivity contribution in [2.24, 2.45) is 0 Å². The van der Waals surface area contributed by atoms with Gasteiger partial charge in [-0.25, -0.2) is 0 Å². The van der Waals surface area contributed by atoms with E-state index < -0.39 is 0 Å². The molecule has 1 rings (SSSR count). The van der Waals surface area contributed by atoms with E-state index in [1.165, 1.54) is 0 Å². The number of rotatable bonds is 3. The van der Waals surface area contributed by atoms with Crippen LogP contribution in [-0.2, 0) is 4.79 Å². The molecule has 0 aromatic heterocycles. The van der Waals surface area contributed by atoms with Crippen LogP contribution in [0.5, 0.6) is 0 Å². The molecule has 1 unspecified atom stereocenters. The average Bonchev–Trinajstić information content (AvgIpc) is 2.18. The summed E-state index contributed by atoms with van der Waals surface area (Å²) in [6.45, 7) is 1.93. The van der Waals surface area contributed by atoms with Crippen LogP contribution in [-0.4, -0.2) is 11.2 Å². The van der Waals surface area contributed by atoms with Crippen molar-refractivity contribution >= 4 is 36.6 Å². The molecule has 1 N–H and O–H groups in total. The molecule has 0 radical (unpaired) electrons. The molecule has 1 amide bonds. The van der Waals surface area contributed by atoms with Gasteiger partial charge in [-0.3, -0.25) is 4.79 Å². The zero-order valence-electron chi connectivity index (χ0n) is 7.93. The van der Waals surface area contributed by atoms with E-state index in [-0.39, 0.29) is 23.6 Å². The number of para-hydroxylation sites is 1. The standard InChI is InChI=1S/C10H13NOS.ClH/c1-2-9(13)10(12)11-8-6-4-3-5-7-8;/h3-7,9,13H,2H2,1H3,(H,11,12);1H. The molecule has 0 bridgehead atoms. The molecule has 0 fully saturated rings. The first-order chi connectivity index (χ1) is 6.24. The van der Waals surface area contributed by atoms with Gasteiger partial charge in [-0.2, -0.15) is 12.6 Å². The Bertz CT molecular complexity index is 279. The van der Waals surface area contributed by atoms with Gasteiger partial charge in [-0.15, -0.1) is 12.4 Å². The lowest BCUT2D eigenvalue weighted by Crippen LogP contribution is -2.22. The number of hydrogen-bond acceptors (Lipinski definition) is 2. The van der Waals surface area contributed by atoms with Crippen LogP contribution >= 0.6 is 25.0 Å². The number of carbonyl (C=O) groups is 1. The Hall–Kier alpha value is -0.670. The van der Waals surface area contributed by atoms with E-state index in [4.69, 9.17) is 0 Å². The third kappa shape index (κ3) is 4.03. The maximum Gasteiger partial charge on any atom is 0.237 e. The van der Waals surface area contributed by atoms with Crippen LogP contribution in [0.15, 0.2) is 30.3 Å². The number of halogens is 1. The summed E-state index contributed by atoms with van der Waals surface area (Å²) in [6, 6.07) is 9.39. The number of nitrogens with one attached hydrogen (secondary N) is 1. The number of amides is 1. The molecule has 0 aliphatic rings. The van der Waals surface area contributed by atoms with E-state index in [0.29, 0.717) is 0 Å². The lowest BCUT2D eigenvalue weighted by atomic mass is 10.3. The van der Waals surface area contributed by atoms with Crippen molar-refractivity contribution in [3.8, 4) is 0 Å². The van der Waals surface area contributed by atoms with Gasteiger partial charge < -0.3 is 5.32 Å². The van der Waals surface area contributed by atoms with Crippen molar-refractivity contribution in [1.29, 1.82) is 0 Å². The molecule has 78 valence electrons. The highest BCUT2D eigenvalue weighted by molar-refractivity contribution is 7.81. The SMILES string of the molecule is CCC(S)C(=O)Nc1ccccc1.Cl. The van der Waals surface area contributed by atoms with Gasteiger partial charge in [0.1, 0.15) is 0 Å². The highest BCUT2D eigenvalue weighted by Crippen LogP contribution is 2.08. The van der Waals surface area contributed by atoms with Gasteiger partial charge in [0, 0.05) is 5.69 Å². The van der Waals surface area contributed by atoms with Crippen LogP contribution in [0.3, 0.4) is 0 Å². The molecular weight excluding hydrogens is 218 g/mol. The second kappa shape index (κ2) is 6.74. The van der Waals surface area contributed by atoms with Crippen molar-refractivity contribution in [1.82, 2.24) is 0 Å². The number of benzene rings is 1. The minimum atomic E-state index is -0.222. The Balaban J connectivity index is 0.00000169. The fourth-order valence-electron chi connectivity index (χ4n) is 0.932.